The molecule has 2 aliphatic rings. The molecule has 1 heterocycles. The molecule has 1 aliphatic heterocycles. The van der Waals surface area contributed by atoms with Crippen molar-refractivity contribution in [1.82, 2.24) is 0 Å². The second-order valence-electron chi connectivity index (χ2n) is 7.13. The van der Waals surface area contributed by atoms with Crippen molar-refractivity contribution < 1.29 is 19.4 Å². The van der Waals surface area contributed by atoms with Gasteiger partial charge in [-0.05, 0) is 43.1 Å². The van der Waals surface area contributed by atoms with E-state index < -0.39 is 17.9 Å². The van der Waals surface area contributed by atoms with Crippen molar-refractivity contribution in [2.75, 3.05) is 6.61 Å². The Labute approximate surface area is 126 Å². The molecule has 4 nitrogen and oxygen atoms in total. The molecule has 2 rings (SSSR count). The number of cyclic esters (lactones) is 2. The van der Waals surface area contributed by atoms with E-state index in [-0.39, 0.29) is 6.61 Å². The van der Waals surface area contributed by atoms with Crippen LogP contribution in [0.4, 0.5) is 4.79 Å². The zero-order chi connectivity index (χ0) is 15.7. The summed E-state index contributed by atoms with van der Waals surface area (Å²) >= 11 is 0. The van der Waals surface area contributed by atoms with Gasteiger partial charge < -0.3 is 14.6 Å². The van der Waals surface area contributed by atoms with Crippen LogP contribution in [0.3, 0.4) is 0 Å². The van der Waals surface area contributed by atoms with Gasteiger partial charge in [0.1, 0.15) is 6.61 Å². The summed E-state index contributed by atoms with van der Waals surface area (Å²) in [6, 6.07) is 0. The average Bonchev–Trinajstić information content (AvgIpc) is 2.83. The van der Waals surface area contributed by atoms with E-state index >= 15 is 0 Å². The molecule has 0 saturated carbocycles. The third-order valence-electron chi connectivity index (χ3n) is 4.33. The first-order valence-corrected chi connectivity index (χ1v) is 7.46. The Kier molecular flexibility index (Phi) is 4.34. The van der Waals surface area contributed by atoms with E-state index in [0.717, 1.165) is 24.8 Å². The largest absolute Gasteiger partial charge is 0.508 e. The molecular weight excluding hydrogens is 268 g/mol. The fourth-order valence-corrected chi connectivity index (χ4v) is 2.63. The summed E-state index contributed by atoms with van der Waals surface area (Å²) in [7, 11) is 0. The number of carbonyl (C=O) groups excluding carboxylic acids is 1. The molecule has 0 bridgehead atoms. The molecular formula is C17H24O4. The number of ether oxygens (including phenoxy) is 2. The lowest BCUT2D eigenvalue weighted by atomic mass is 9.73. The van der Waals surface area contributed by atoms with Crippen molar-refractivity contribution in [1.29, 1.82) is 0 Å². The van der Waals surface area contributed by atoms with Crippen LogP contribution < -0.4 is 0 Å². The number of carbonyl (C=O) groups is 1. The number of allylic oxidation sites excluding steroid dienone is 2. The van der Waals surface area contributed by atoms with Crippen LogP contribution in [0.5, 0.6) is 0 Å². The van der Waals surface area contributed by atoms with Crippen LogP contribution in [-0.4, -0.2) is 29.6 Å². The molecule has 1 fully saturated rings. The number of rotatable bonds is 1. The molecule has 21 heavy (non-hydrogen) atoms. The molecule has 116 valence electrons. The first kappa shape index (κ1) is 15.9. The van der Waals surface area contributed by atoms with E-state index in [4.69, 9.17) is 9.47 Å². The van der Waals surface area contributed by atoms with Gasteiger partial charge in [-0.1, -0.05) is 38.7 Å². The molecule has 1 N–H and O–H groups in total. The summed E-state index contributed by atoms with van der Waals surface area (Å²) in [5.41, 5.74) is -0.00877. The van der Waals surface area contributed by atoms with Gasteiger partial charge in [0.15, 0.2) is 11.7 Å². The normalized spacial score (nSPS) is 28.6. The maximum atomic E-state index is 10.9. The third kappa shape index (κ3) is 4.01. The van der Waals surface area contributed by atoms with Crippen molar-refractivity contribution in [3.05, 3.63) is 11.6 Å². The van der Waals surface area contributed by atoms with Gasteiger partial charge in [0.2, 0.25) is 0 Å². The highest BCUT2D eigenvalue weighted by atomic mass is 16.8. The van der Waals surface area contributed by atoms with E-state index in [9.17, 15) is 9.90 Å². The Morgan fingerprint density at radius 3 is 2.52 bits per heavy atom. The predicted molar refractivity (Wildman–Crippen MR) is 79.5 cm³/mol. The zero-order valence-electron chi connectivity index (χ0n) is 13.2. The molecule has 1 saturated heterocycles. The minimum Gasteiger partial charge on any atom is -0.430 e. The molecule has 0 spiro atoms. The summed E-state index contributed by atoms with van der Waals surface area (Å²) in [4.78, 5) is 10.9. The van der Waals surface area contributed by atoms with Crippen LogP contribution in [0, 0.1) is 23.2 Å². The van der Waals surface area contributed by atoms with Gasteiger partial charge >= 0.3 is 6.16 Å². The predicted octanol–water partition coefficient (Wildman–Crippen LogP) is 3.05. The van der Waals surface area contributed by atoms with Gasteiger partial charge in [-0.15, -0.1) is 0 Å². The third-order valence-corrected chi connectivity index (χ3v) is 4.33. The summed E-state index contributed by atoms with van der Waals surface area (Å²) in [5.74, 6) is 6.54. The Balaban J connectivity index is 2.00. The van der Waals surface area contributed by atoms with Crippen molar-refractivity contribution in [2.45, 2.75) is 58.7 Å². The summed E-state index contributed by atoms with van der Waals surface area (Å²) < 4.78 is 9.59. The fourth-order valence-electron chi connectivity index (χ4n) is 2.63. The standard InChI is InChI=1S/C17H24O4/c1-16(2,3)13-7-5-12(6-8-13)9-10-17(4,19)14-11-20-15(18)21-14/h5,13-14,19H,6-8,11H2,1-4H3. The maximum Gasteiger partial charge on any atom is 0.508 e. The van der Waals surface area contributed by atoms with Gasteiger partial charge in [-0.3, -0.25) is 0 Å². The number of hydrogen-bond donors (Lipinski definition) is 1. The average molecular weight is 292 g/mol. The van der Waals surface area contributed by atoms with Crippen LogP contribution in [0.2, 0.25) is 0 Å². The quantitative estimate of drug-likeness (QED) is 0.596. The number of hydrogen-bond acceptors (Lipinski definition) is 4. The van der Waals surface area contributed by atoms with Gasteiger partial charge in [0.25, 0.3) is 0 Å². The monoisotopic (exact) mass is 292 g/mol. The molecule has 0 aromatic carbocycles. The zero-order valence-corrected chi connectivity index (χ0v) is 13.2. The van der Waals surface area contributed by atoms with E-state index in [1.54, 1.807) is 6.92 Å². The lowest BCUT2D eigenvalue weighted by Gasteiger charge is -2.32. The highest BCUT2D eigenvalue weighted by molar-refractivity contribution is 5.62. The highest BCUT2D eigenvalue weighted by Crippen LogP contribution is 2.36. The van der Waals surface area contributed by atoms with Crippen LogP contribution in [0.25, 0.3) is 0 Å². The molecule has 1 aliphatic carbocycles. The minimum absolute atomic E-state index is 0.0473. The maximum absolute atomic E-state index is 10.9. The number of aliphatic hydroxyl groups is 1. The smallest absolute Gasteiger partial charge is 0.430 e. The first-order chi connectivity index (χ1) is 9.68. The van der Waals surface area contributed by atoms with Gasteiger partial charge in [0, 0.05) is 0 Å². The van der Waals surface area contributed by atoms with Crippen LogP contribution in [-0.2, 0) is 9.47 Å². The molecule has 3 atom stereocenters. The highest BCUT2D eigenvalue weighted by Gasteiger charge is 2.39. The lowest BCUT2D eigenvalue weighted by Crippen LogP contribution is -2.39. The molecule has 0 radical (unpaired) electrons. The Bertz CT molecular complexity index is 499. The Hall–Kier alpha value is -1.47. The second kappa shape index (κ2) is 5.73. The van der Waals surface area contributed by atoms with Gasteiger partial charge in [-0.25, -0.2) is 4.79 Å². The van der Waals surface area contributed by atoms with E-state index in [2.05, 4.69) is 38.7 Å². The van der Waals surface area contributed by atoms with Crippen molar-refractivity contribution >= 4 is 6.16 Å². The van der Waals surface area contributed by atoms with Gasteiger partial charge in [-0.2, -0.15) is 0 Å². The minimum atomic E-state index is -1.38. The van der Waals surface area contributed by atoms with Crippen LogP contribution in [0.1, 0.15) is 47.0 Å². The van der Waals surface area contributed by atoms with E-state index in [1.165, 1.54) is 0 Å². The topological polar surface area (TPSA) is 55.8 Å². The summed E-state index contributed by atoms with van der Waals surface area (Å²) in [5, 5.41) is 10.3. The molecule has 0 amide bonds. The molecule has 0 aromatic rings. The van der Waals surface area contributed by atoms with Crippen molar-refractivity contribution in [3.63, 3.8) is 0 Å². The second-order valence-corrected chi connectivity index (χ2v) is 7.13. The molecule has 0 aromatic heterocycles. The van der Waals surface area contributed by atoms with Crippen molar-refractivity contribution in [2.24, 2.45) is 11.3 Å². The van der Waals surface area contributed by atoms with E-state index in [1.807, 2.05) is 0 Å². The van der Waals surface area contributed by atoms with Crippen LogP contribution in [0.15, 0.2) is 11.6 Å². The van der Waals surface area contributed by atoms with Crippen molar-refractivity contribution in [3.8, 4) is 11.8 Å². The van der Waals surface area contributed by atoms with Crippen LogP contribution >= 0.6 is 0 Å². The van der Waals surface area contributed by atoms with E-state index in [0.29, 0.717) is 11.3 Å². The lowest BCUT2D eigenvalue weighted by molar-refractivity contribution is -0.00400. The summed E-state index contributed by atoms with van der Waals surface area (Å²) in [6.07, 6.45) is 3.78. The Morgan fingerprint density at radius 2 is 2.05 bits per heavy atom. The van der Waals surface area contributed by atoms with Gasteiger partial charge in [0.05, 0.1) is 0 Å². The molecule has 3 unspecified atom stereocenters. The SMILES string of the molecule is CC(C)(C)C1CC=C(C#CC(C)(O)C2COC(=O)O2)CC1. The Morgan fingerprint density at radius 1 is 1.33 bits per heavy atom. The summed E-state index contributed by atoms with van der Waals surface area (Å²) in [6.45, 7) is 8.39. The first-order valence-electron chi connectivity index (χ1n) is 7.46. The molecule has 4 heteroatoms. The fraction of sp³-hybridized carbons (Fsp3) is 0.706.